The predicted molar refractivity (Wildman–Crippen MR) is 102 cm³/mol. The van der Waals surface area contributed by atoms with E-state index in [2.05, 4.69) is 28.0 Å². The van der Waals surface area contributed by atoms with Gasteiger partial charge in [-0.2, -0.15) is 5.10 Å². The van der Waals surface area contributed by atoms with E-state index in [9.17, 15) is 5.11 Å². The number of hydrogen-bond acceptors (Lipinski definition) is 4. The average Bonchev–Trinajstić information content (AvgIpc) is 3.29. The van der Waals surface area contributed by atoms with Gasteiger partial charge in [0.15, 0.2) is 16.6 Å². The number of hydrogen-bond donors (Lipinski definition) is 3. The number of thiocarbonyl (C=S) groups is 1. The molecule has 0 heterocycles. The van der Waals surface area contributed by atoms with Gasteiger partial charge in [0.1, 0.15) is 0 Å². The van der Waals surface area contributed by atoms with Crippen molar-refractivity contribution < 1.29 is 9.84 Å². The minimum absolute atomic E-state index is 0.111. The fourth-order valence-corrected chi connectivity index (χ4v) is 5.06. The number of allylic oxidation sites excluding steroid dienone is 2. The molecule has 0 unspecified atom stereocenters. The zero-order valence-electron chi connectivity index (χ0n) is 14.2. The second-order valence-corrected chi connectivity index (χ2v) is 7.59. The van der Waals surface area contributed by atoms with Gasteiger partial charge < -0.3 is 15.2 Å². The van der Waals surface area contributed by atoms with Gasteiger partial charge in [0.25, 0.3) is 0 Å². The summed E-state index contributed by atoms with van der Waals surface area (Å²) in [6.07, 6.45) is 10.2. The number of rotatable bonds is 4. The van der Waals surface area contributed by atoms with Gasteiger partial charge in [-0.3, -0.25) is 5.43 Å². The van der Waals surface area contributed by atoms with E-state index >= 15 is 0 Å². The Balaban J connectivity index is 1.30. The molecule has 2 fully saturated rings. The first-order valence-electron chi connectivity index (χ1n) is 8.79. The second-order valence-electron chi connectivity index (χ2n) is 7.18. The first-order chi connectivity index (χ1) is 12.2. The number of hydrazone groups is 1. The minimum Gasteiger partial charge on any atom is -0.504 e. The fraction of sp³-hybridized carbons (Fsp3) is 0.474. The molecular weight excluding hydrogens is 334 g/mol. The number of methoxy groups -OCH3 is 1. The lowest BCUT2D eigenvalue weighted by Gasteiger charge is -2.32. The van der Waals surface area contributed by atoms with Crippen molar-refractivity contribution in [1.82, 2.24) is 10.7 Å². The van der Waals surface area contributed by atoms with Crippen LogP contribution in [0.2, 0.25) is 0 Å². The van der Waals surface area contributed by atoms with Gasteiger partial charge in [-0.25, -0.2) is 0 Å². The Hall–Kier alpha value is -2.08. The number of phenols is 1. The molecule has 2 saturated carbocycles. The third kappa shape index (κ3) is 3.11. The van der Waals surface area contributed by atoms with Crippen LogP contribution in [0.4, 0.5) is 0 Å². The quantitative estimate of drug-likeness (QED) is 0.335. The number of aromatic hydroxyl groups is 1. The SMILES string of the molecule is COc1cc(/C=N\NC(=S)N[C@@H]2C[C@H]3C[C@H]2[C@@H]2C=CC[C@@H]32)ccc1O. The average molecular weight is 357 g/mol. The van der Waals surface area contributed by atoms with Gasteiger partial charge in [-0.15, -0.1) is 0 Å². The van der Waals surface area contributed by atoms with Crippen molar-refractivity contribution in [3.8, 4) is 11.5 Å². The number of nitrogens with zero attached hydrogens (tertiary/aromatic N) is 1. The van der Waals surface area contributed by atoms with E-state index in [-0.39, 0.29) is 5.75 Å². The molecule has 5 atom stereocenters. The molecule has 132 valence electrons. The third-order valence-electron chi connectivity index (χ3n) is 5.91. The standard InChI is InChI=1S/C19H23N3O2S/c1-24-18-7-11(5-6-17(18)23)10-20-22-19(25)21-16-9-12-8-15(16)14-4-2-3-13(12)14/h2,4-7,10,12-16,23H,3,8-9H2,1H3,(H2,21,22,25)/b20-10-/t12-,13+,14-,15+,16-/m1/s1. The van der Waals surface area contributed by atoms with Gasteiger partial charge in [0, 0.05) is 6.04 Å². The van der Waals surface area contributed by atoms with Crippen molar-refractivity contribution in [2.24, 2.45) is 28.8 Å². The van der Waals surface area contributed by atoms with Crippen LogP contribution < -0.4 is 15.5 Å². The molecule has 0 amide bonds. The lowest BCUT2D eigenvalue weighted by Crippen LogP contribution is -2.45. The van der Waals surface area contributed by atoms with E-state index < -0.39 is 0 Å². The third-order valence-corrected chi connectivity index (χ3v) is 6.12. The highest BCUT2D eigenvalue weighted by Gasteiger charge is 2.52. The van der Waals surface area contributed by atoms with E-state index in [4.69, 9.17) is 17.0 Å². The summed E-state index contributed by atoms with van der Waals surface area (Å²) < 4.78 is 5.09. The Labute approximate surface area is 153 Å². The monoisotopic (exact) mass is 357 g/mol. The summed E-state index contributed by atoms with van der Waals surface area (Å²) in [5, 5.41) is 17.8. The van der Waals surface area contributed by atoms with Gasteiger partial charge >= 0.3 is 0 Å². The van der Waals surface area contributed by atoms with Crippen molar-refractivity contribution in [3.63, 3.8) is 0 Å². The Kier molecular flexibility index (Phi) is 4.37. The zero-order chi connectivity index (χ0) is 17.4. The van der Waals surface area contributed by atoms with E-state index in [0.29, 0.717) is 22.8 Å². The maximum absolute atomic E-state index is 9.60. The van der Waals surface area contributed by atoms with Crippen LogP contribution in [0.3, 0.4) is 0 Å². The number of fused-ring (bicyclic) bond motifs is 5. The molecule has 0 saturated heterocycles. The van der Waals surface area contributed by atoms with Crippen LogP contribution in [0.5, 0.6) is 11.5 Å². The van der Waals surface area contributed by atoms with Gasteiger partial charge in [0.2, 0.25) is 0 Å². The number of ether oxygens (including phenoxy) is 1. The van der Waals surface area contributed by atoms with Crippen LogP contribution in [0.15, 0.2) is 35.5 Å². The molecule has 0 radical (unpaired) electrons. The van der Waals surface area contributed by atoms with E-state index in [1.807, 2.05) is 0 Å². The Morgan fingerprint density at radius 1 is 1.36 bits per heavy atom. The maximum atomic E-state index is 9.60. The largest absolute Gasteiger partial charge is 0.504 e. The van der Waals surface area contributed by atoms with E-state index in [1.165, 1.54) is 26.4 Å². The summed E-state index contributed by atoms with van der Waals surface area (Å²) in [4.78, 5) is 0. The second kappa shape index (κ2) is 6.67. The highest BCUT2D eigenvalue weighted by molar-refractivity contribution is 7.80. The van der Waals surface area contributed by atoms with Crippen molar-refractivity contribution in [2.45, 2.75) is 25.3 Å². The molecule has 5 nitrogen and oxygen atoms in total. The van der Waals surface area contributed by atoms with Crippen molar-refractivity contribution >= 4 is 23.5 Å². The normalized spacial score (nSPS) is 32.1. The van der Waals surface area contributed by atoms with E-state index in [1.54, 1.807) is 24.4 Å². The highest BCUT2D eigenvalue weighted by atomic mass is 32.1. The summed E-state index contributed by atoms with van der Waals surface area (Å²) >= 11 is 5.39. The van der Waals surface area contributed by atoms with Crippen molar-refractivity contribution in [3.05, 3.63) is 35.9 Å². The topological polar surface area (TPSA) is 65.9 Å². The highest BCUT2D eigenvalue weighted by Crippen LogP contribution is 2.56. The Morgan fingerprint density at radius 2 is 2.24 bits per heavy atom. The molecule has 2 bridgehead atoms. The summed E-state index contributed by atoms with van der Waals surface area (Å²) in [6.45, 7) is 0. The van der Waals surface area contributed by atoms with Crippen LogP contribution in [0.1, 0.15) is 24.8 Å². The molecule has 3 aliphatic rings. The molecule has 0 aliphatic heterocycles. The van der Waals surface area contributed by atoms with Crippen LogP contribution in [-0.2, 0) is 0 Å². The molecule has 25 heavy (non-hydrogen) atoms. The molecule has 3 N–H and O–H groups in total. The minimum atomic E-state index is 0.111. The van der Waals surface area contributed by atoms with Crippen molar-refractivity contribution in [2.75, 3.05) is 7.11 Å². The van der Waals surface area contributed by atoms with Crippen LogP contribution in [0, 0.1) is 23.7 Å². The lowest BCUT2D eigenvalue weighted by molar-refractivity contribution is 0.246. The summed E-state index contributed by atoms with van der Waals surface area (Å²) in [7, 11) is 1.52. The van der Waals surface area contributed by atoms with Gasteiger partial charge in [0.05, 0.1) is 13.3 Å². The smallest absolute Gasteiger partial charge is 0.187 e. The Bertz CT molecular complexity index is 733. The molecular formula is C19H23N3O2S. The summed E-state index contributed by atoms with van der Waals surface area (Å²) in [6, 6.07) is 5.52. The van der Waals surface area contributed by atoms with E-state index in [0.717, 1.165) is 23.3 Å². The van der Waals surface area contributed by atoms with Crippen LogP contribution in [-0.4, -0.2) is 29.6 Å². The van der Waals surface area contributed by atoms with Gasteiger partial charge in [-0.1, -0.05) is 12.2 Å². The first-order valence-corrected chi connectivity index (χ1v) is 9.20. The van der Waals surface area contributed by atoms with Crippen molar-refractivity contribution in [1.29, 1.82) is 0 Å². The molecule has 0 spiro atoms. The first kappa shape index (κ1) is 16.4. The van der Waals surface area contributed by atoms with Crippen LogP contribution in [0.25, 0.3) is 0 Å². The number of nitrogens with one attached hydrogen (secondary N) is 2. The summed E-state index contributed by atoms with van der Waals surface area (Å²) in [5.41, 5.74) is 3.72. The maximum Gasteiger partial charge on any atom is 0.187 e. The Morgan fingerprint density at radius 3 is 3.08 bits per heavy atom. The molecule has 1 aromatic carbocycles. The number of phenolic OH excluding ortho intramolecular Hbond substituents is 1. The van der Waals surface area contributed by atoms with Crippen LogP contribution >= 0.6 is 12.2 Å². The molecule has 3 aliphatic carbocycles. The predicted octanol–water partition coefficient (Wildman–Crippen LogP) is 2.80. The molecule has 6 heteroatoms. The fourth-order valence-electron chi connectivity index (χ4n) is 4.85. The number of benzene rings is 1. The summed E-state index contributed by atoms with van der Waals surface area (Å²) in [5.74, 6) is 3.71. The zero-order valence-corrected chi connectivity index (χ0v) is 15.0. The molecule has 1 aromatic rings. The van der Waals surface area contributed by atoms with Gasteiger partial charge in [-0.05, 0) is 78.9 Å². The lowest BCUT2D eigenvalue weighted by atomic mass is 9.79. The molecule has 0 aromatic heterocycles. The molecule has 4 rings (SSSR count).